The van der Waals surface area contributed by atoms with Crippen molar-refractivity contribution in [3.05, 3.63) is 46.8 Å². The van der Waals surface area contributed by atoms with Gasteiger partial charge in [0.2, 0.25) is 0 Å². The molecule has 8 nitrogen and oxygen atoms in total. The summed E-state index contributed by atoms with van der Waals surface area (Å²) in [5.41, 5.74) is 1.07. The number of amides is 1. The zero-order valence-corrected chi connectivity index (χ0v) is 18.7. The second-order valence-corrected chi connectivity index (χ2v) is 9.44. The zero-order valence-electron chi connectivity index (χ0n) is 17.0. The fraction of sp³-hybridized carbons (Fsp3) is 0.300. The number of fused-ring (bicyclic) bond motifs is 1. The maximum Gasteiger partial charge on any atom is 0.283 e. The van der Waals surface area contributed by atoms with Crippen molar-refractivity contribution in [1.82, 2.24) is 4.57 Å². The van der Waals surface area contributed by atoms with Gasteiger partial charge in [-0.1, -0.05) is 11.3 Å². The molecule has 1 heterocycles. The first-order chi connectivity index (χ1) is 14.3. The van der Waals surface area contributed by atoms with Crippen LogP contribution in [0.25, 0.3) is 10.2 Å². The number of aromatic nitrogens is 1. The third kappa shape index (κ3) is 4.55. The SMILES string of the molecule is COCCn1c(=NC(=O)c2ccc(OC)cc2OC)sc2cc(S(C)(=O)=O)ccc21. The van der Waals surface area contributed by atoms with Gasteiger partial charge in [-0.15, -0.1) is 0 Å². The third-order valence-electron chi connectivity index (χ3n) is 4.44. The van der Waals surface area contributed by atoms with Crippen molar-refractivity contribution < 1.29 is 27.4 Å². The minimum absolute atomic E-state index is 0.213. The van der Waals surface area contributed by atoms with Crippen LogP contribution in [0.4, 0.5) is 0 Å². The van der Waals surface area contributed by atoms with E-state index in [-0.39, 0.29) is 4.90 Å². The van der Waals surface area contributed by atoms with E-state index in [1.165, 1.54) is 25.6 Å². The molecule has 0 fully saturated rings. The lowest BCUT2D eigenvalue weighted by molar-refractivity contribution is 0.0994. The lowest BCUT2D eigenvalue weighted by Gasteiger charge is -2.08. The molecule has 0 aliphatic heterocycles. The Hall–Kier alpha value is -2.69. The number of benzene rings is 2. The van der Waals surface area contributed by atoms with Gasteiger partial charge in [-0.25, -0.2) is 8.42 Å². The van der Waals surface area contributed by atoms with E-state index in [9.17, 15) is 13.2 Å². The predicted molar refractivity (Wildman–Crippen MR) is 114 cm³/mol. The highest BCUT2D eigenvalue weighted by Gasteiger charge is 2.16. The molecule has 1 amide bonds. The quantitative estimate of drug-likeness (QED) is 0.549. The van der Waals surface area contributed by atoms with Crippen LogP contribution in [0.15, 0.2) is 46.3 Å². The molecule has 0 atom stereocenters. The number of methoxy groups -OCH3 is 3. The van der Waals surface area contributed by atoms with E-state index in [1.807, 2.05) is 4.57 Å². The molecular formula is C20H22N2O6S2. The molecule has 1 aromatic heterocycles. The number of hydrogen-bond acceptors (Lipinski definition) is 7. The molecule has 0 aliphatic carbocycles. The molecule has 3 rings (SSSR count). The van der Waals surface area contributed by atoms with Crippen molar-refractivity contribution in [1.29, 1.82) is 0 Å². The zero-order chi connectivity index (χ0) is 21.9. The van der Waals surface area contributed by atoms with E-state index in [0.717, 1.165) is 11.8 Å². The summed E-state index contributed by atoms with van der Waals surface area (Å²) in [7, 11) is 1.23. The Morgan fingerprint density at radius 1 is 1.10 bits per heavy atom. The number of sulfone groups is 1. The van der Waals surface area contributed by atoms with E-state index in [4.69, 9.17) is 14.2 Å². The van der Waals surface area contributed by atoms with Crippen molar-refractivity contribution in [2.24, 2.45) is 4.99 Å². The number of carbonyl (C=O) groups excluding carboxylic acids is 1. The molecule has 0 bridgehead atoms. The van der Waals surface area contributed by atoms with E-state index >= 15 is 0 Å². The summed E-state index contributed by atoms with van der Waals surface area (Å²) in [4.78, 5) is 17.8. The van der Waals surface area contributed by atoms with Crippen LogP contribution in [-0.2, 0) is 21.1 Å². The lowest BCUT2D eigenvalue weighted by Crippen LogP contribution is -2.19. The fourth-order valence-corrected chi connectivity index (χ4v) is 4.71. The van der Waals surface area contributed by atoms with Gasteiger partial charge < -0.3 is 18.8 Å². The first-order valence-electron chi connectivity index (χ1n) is 8.92. The summed E-state index contributed by atoms with van der Waals surface area (Å²) in [5, 5.41) is 0. The minimum atomic E-state index is -3.35. The Bertz CT molecular complexity index is 1260. The van der Waals surface area contributed by atoms with E-state index in [1.54, 1.807) is 43.5 Å². The molecule has 0 radical (unpaired) electrons. The second-order valence-electron chi connectivity index (χ2n) is 6.41. The smallest absolute Gasteiger partial charge is 0.283 e. The van der Waals surface area contributed by atoms with E-state index in [2.05, 4.69) is 4.99 Å². The number of rotatable bonds is 7. The van der Waals surface area contributed by atoms with Crippen molar-refractivity contribution in [2.75, 3.05) is 34.2 Å². The monoisotopic (exact) mass is 450 g/mol. The maximum absolute atomic E-state index is 12.9. The van der Waals surface area contributed by atoms with Crippen molar-refractivity contribution in [3.8, 4) is 11.5 Å². The Morgan fingerprint density at radius 2 is 1.87 bits per heavy atom. The molecule has 0 saturated heterocycles. The van der Waals surface area contributed by atoms with Gasteiger partial charge in [-0.2, -0.15) is 4.99 Å². The molecule has 160 valence electrons. The molecule has 10 heteroatoms. The molecule has 0 N–H and O–H groups in total. The van der Waals surface area contributed by atoms with Crippen LogP contribution in [0, 0.1) is 0 Å². The van der Waals surface area contributed by atoms with Crippen LogP contribution in [0.2, 0.25) is 0 Å². The normalized spacial score (nSPS) is 12.3. The highest BCUT2D eigenvalue weighted by atomic mass is 32.2. The van der Waals surface area contributed by atoms with Crippen LogP contribution in [0.5, 0.6) is 11.5 Å². The molecule has 3 aromatic rings. The number of nitrogens with zero attached hydrogens (tertiary/aromatic N) is 2. The molecular weight excluding hydrogens is 428 g/mol. The largest absolute Gasteiger partial charge is 0.497 e. The Labute approximate surface area is 178 Å². The first kappa shape index (κ1) is 22.0. The molecule has 0 unspecified atom stereocenters. The van der Waals surface area contributed by atoms with Crippen LogP contribution in [0.3, 0.4) is 0 Å². The first-order valence-corrected chi connectivity index (χ1v) is 11.6. The predicted octanol–water partition coefficient (Wildman–Crippen LogP) is 2.51. The summed E-state index contributed by atoms with van der Waals surface area (Å²) < 4.78 is 42.0. The summed E-state index contributed by atoms with van der Waals surface area (Å²) in [6.07, 6.45) is 1.16. The van der Waals surface area contributed by atoms with Crippen LogP contribution < -0.4 is 14.3 Å². The van der Waals surface area contributed by atoms with Gasteiger partial charge in [-0.3, -0.25) is 4.79 Å². The topological polar surface area (TPSA) is 96.2 Å². The second kappa shape index (κ2) is 8.99. The summed E-state index contributed by atoms with van der Waals surface area (Å²) in [6, 6.07) is 9.73. The van der Waals surface area contributed by atoms with Gasteiger partial charge in [0.05, 0.1) is 41.5 Å². The molecule has 0 aliphatic rings. The average Bonchev–Trinajstić information content (AvgIpc) is 3.06. The van der Waals surface area contributed by atoms with Gasteiger partial charge in [-0.05, 0) is 30.3 Å². The number of hydrogen-bond donors (Lipinski definition) is 0. The number of ether oxygens (including phenoxy) is 3. The van der Waals surface area contributed by atoms with Crippen molar-refractivity contribution in [3.63, 3.8) is 0 Å². The highest BCUT2D eigenvalue weighted by Crippen LogP contribution is 2.26. The van der Waals surface area contributed by atoms with Gasteiger partial charge in [0.1, 0.15) is 11.5 Å². The molecule has 0 saturated carbocycles. The molecule has 0 spiro atoms. The third-order valence-corrected chi connectivity index (χ3v) is 6.59. The van der Waals surface area contributed by atoms with Gasteiger partial charge in [0.25, 0.3) is 5.91 Å². The summed E-state index contributed by atoms with van der Waals surface area (Å²) >= 11 is 1.24. The van der Waals surface area contributed by atoms with E-state index < -0.39 is 15.7 Å². The van der Waals surface area contributed by atoms with Gasteiger partial charge in [0.15, 0.2) is 14.6 Å². The van der Waals surface area contributed by atoms with Crippen molar-refractivity contribution >= 4 is 37.3 Å². The standard InChI is InChI=1S/C20H22N2O6S2/c1-26-10-9-22-16-8-6-14(30(4,24)25)12-18(16)29-20(22)21-19(23)15-7-5-13(27-2)11-17(15)28-3/h5-8,11-12H,9-10H2,1-4H3. The van der Waals surface area contributed by atoms with Crippen LogP contribution in [-0.4, -0.2) is 53.1 Å². The maximum atomic E-state index is 12.9. The molecule has 2 aromatic carbocycles. The van der Waals surface area contributed by atoms with Crippen LogP contribution in [0.1, 0.15) is 10.4 Å². The fourth-order valence-electron chi connectivity index (χ4n) is 2.89. The lowest BCUT2D eigenvalue weighted by atomic mass is 10.2. The minimum Gasteiger partial charge on any atom is -0.497 e. The van der Waals surface area contributed by atoms with E-state index in [0.29, 0.717) is 39.7 Å². The van der Waals surface area contributed by atoms with Crippen molar-refractivity contribution in [2.45, 2.75) is 11.4 Å². The Morgan fingerprint density at radius 3 is 2.50 bits per heavy atom. The molecule has 30 heavy (non-hydrogen) atoms. The number of thiazole rings is 1. The Kier molecular flexibility index (Phi) is 6.59. The van der Waals surface area contributed by atoms with Gasteiger partial charge >= 0.3 is 0 Å². The highest BCUT2D eigenvalue weighted by molar-refractivity contribution is 7.90. The average molecular weight is 451 g/mol. The summed E-state index contributed by atoms with van der Waals surface area (Å²) in [5.74, 6) is 0.441. The summed E-state index contributed by atoms with van der Waals surface area (Å²) in [6.45, 7) is 0.869. The van der Waals surface area contributed by atoms with Crippen LogP contribution >= 0.6 is 11.3 Å². The Balaban J connectivity index is 2.15. The van der Waals surface area contributed by atoms with Gasteiger partial charge in [0, 0.05) is 26.0 Å². The number of carbonyl (C=O) groups is 1.